The minimum absolute atomic E-state index is 0.583. The van der Waals surface area contributed by atoms with Crippen LogP contribution in [0.15, 0.2) is 48.8 Å². The van der Waals surface area contributed by atoms with Gasteiger partial charge in [-0.05, 0) is 12.0 Å². The highest BCUT2D eigenvalue weighted by Crippen LogP contribution is 2.30. The lowest BCUT2D eigenvalue weighted by molar-refractivity contribution is 0.305. The Labute approximate surface area is 124 Å². The zero-order chi connectivity index (χ0) is 14.1. The van der Waals surface area contributed by atoms with Gasteiger partial charge in [-0.1, -0.05) is 30.3 Å². The van der Waals surface area contributed by atoms with Crippen molar-refractivity contribution in [3.63, 3.8) is 0 Å². The number of anilines is 1. The third-order valence-electron chi connectivity index (χ3n) is 4.34. The van der Waals surface area contributed by atoms with Crippen LogP contribution in [-0.4, -0.2) is 30.2 Å². The van der Waals surface area contributed by atoms with E-state index in [0.717, 1.165) is 18.8 Å². The van der Waals surface area contributed by atoms with E-state index in [0.29, 0.717) is 18.7 Å². The maximum absolute atomic E-state index is 5.87. The normalized spacial score (nSPS) is 23.5. The molecule has 0 radical (unpaired) electrons. The number of fused-ring (bicyclic) bond motifs is 2. The van der Waals surface area contributed by atoms with Crippen LogP contribution < -0.4 is 15.0 Å². The first-order chi connectivity index (χ1) is 10.4. The van der Waals surface area contributed by atoms with Crippen molar-refractivity contribution >= 4 is 5.69 Å². The van der Waals surface area contributed by atoms with Crippen molar-refractivity contribution in [2.45, 2.75) is 25.1 Å². The lowest BCUT2D eigenvalue weighted by Crippen LogP contribution is -2.43. The van der Waals surface area contributed by atoms with Crippen LogP contribution >= 0.6 is 0 Å². The summed E-state index contributed by atoms with van der Waals surface area (Å²) < 4.78 is 5.87. The summed E-state index contributed by atoms with van der Waals surface area (Å²) in [6.07, 6.45) is 4.98. The molecule has 2 saturated heterocycles. The van der Waals surface area contributed by atoms with E-state index in [-0.39, 0.29) is 0 Å². The molecule has 1 N–H and O–H groups in total. The molecule has 2 atom stereocenters. The molecule has 4 heteroatoms. The zero-order valence-corrected chi connectivity index (χ0v) is 11.9. The van der Waals surface area contributed by atoms with Crippen molar-refractivity contribution in [1.29, 1.82) is 0 Å². The molecule has 2 aliphatic heterocycles. The SMILES string of the molecule is c1ccc(COc2cncc(N3C[C@@H]4C[C@H]3CN4)c2)cc1. The molecule has 108 valence electrons. The molecule has 2 fully saturated rings. The summed E-state index contributed by atoms with van der Waals surface area (Å²) in [7, 11) is 0. The van der Waals surface area contributed by atoms with Crippen LogP contribution in [0, 0.1) is 0 Å². The van der Waals surface area contributed by atoms with E-state index in [4.69, 9.17) is 4.74 Å². The van der Waals surface area contributed by atoms with Crippen LogP contribution in [-0.2, 0) is 6.61 Å². The molecule has 0 spiro atoms. The molecule has 1 aromatic carbocycles. The van der Waals surface area contributed by atoms with Gasteiger partial charge in [-0.25, -0.2) is 0 Å². The average molecular weight is 281 g/mol. The van der Waals surface area contributed by atoms with E-state index in [1.165, 1.54) is 17.7 Å². The second kappa shape index (κ2) is 5.37. The molecule has 21 heavy (non-hydrogen) atoms. The second-order valence-corrected chi connectivity index (χ2v) is 5.80. The number of pyridine rings is 1. The van der Waals surface area contributed by atoms with E-state index in [1.807, 2.05) is 24.4 Å². The van der Waals surface area contributed by atoms with Crippen molar-refractivity contribution in [2.75, 3.05) is 18.0 Å². The molecule has 3 heterocycles. The summed E-state index contributed by atoms with van der Waals surface area (Å²) in [5.74, 6) is 0.840. The molecule has 0 saturated carbocycles. The Kier molecular flexibility index (Phi) is 3.24. The quantitative estimate of drug-likeness (QED) is 0.932. The number of benzene rings is 1. The number of hydrogen-bond acceptors (Lipinski definition) is 4. The van der Waals surface area contributed by atoms with Crippen molar-refractivity contribution in [3.8, 4) is 5.75 Å². The van der Waals surface area contributed by atoms with Gasteiger partial charge in [0.2, 0.25) is 0 Å². The van der Waals surface area contributed by atoms with Gasteiger partial charge in [0.15, 0.2) is 0 Å². The Hall–Kier alpha value is -2.07. The highest BCUT2D eigenvalue weighted by molar-refractivity contribution is 5.51. The molecule has 0 aliphatic carbocycles. The first-order valence-electron chi connectivity index (χ1n) is 7.50. The lowest BCUT2D eigenvalue weighted by Gasteiger charge is -2.29. The standard InChI is InChI=1S/C17H19N3O/c1-2-4-13(5-3-1)12-21-17-7-16(8-18-10-17)20-11-14-6-15(20)9-19-14/h1-5,7-8,10,14-15,19H,6,9,11-12H2/t14-,15-/m0/s1. The summed E-state index contributed by atoms with van der Waals surface area (Å²) >= 11 is 0. The van der Waals surface area contributed by atoms with Crippen LogP contribution in [0.1, 0.15) is 12.0 Å². The third kappa shape index (κ3) is 2.59. The van der Waals surface area contributed by atoms with Crippen molar-refractivity contribution in [1.82, 2.24) is 10.3 Å². The summed E-state index contributed by atoms with van der Waals surface area (Å²) in [6.45, 7) is 2.74. The fraction of sp³-hybridized carbons (Fsp3) is 0.353. The second-order valence-electron chi connectivity index (χ2n) is 5.80. The maximum Gasteiger partial charge on any atom is 0.140 e. The van der Waals surface area contributed by atoms with E-state index >= 15 is 0 Å². The van der Waals surface area contributed by atoms with Gasteiger partial charge < -0.3 is 15.0 Å². The van der Waals surface area contributed by atoms with E-state index in [9.17, 15) is 0 Å². The number of rotatable bonds is 4. The van der Waals surface area contributed by atoms with Crippen LogP contribution in [0.3, 0.4) is 0 Å². The number of hydrogen-bond donors (Lipinski definition) is 1. The van der Waals surface area contributed by atoms with Gasteiger partial charge in [-0.3, -0.25) is 4.98 Å². The molecule has 4 rings (SSSR count). The summed E-state index contributed by atoms with van der Waals surface area (Å²) in [5, 5.41) is 3.52. The smallest absolute Gasteiger partial charge is 0.140 e. The Morgan fingerprint density at radius 3 is 2.90 bits per heavy atom. The number of nitrogens with zero attached hydrogens (tertiary/aromatic N) is 2. The zero-order valence-electron chi connectivity index (χ0n) is 11.9. The van der Waals surface area contributed by atoms with Gasteiger partial charge in [-0.15, -0.1) is 0 Å². The van der Waals surface area contributed by atoms with E-state index < -0.39 is 0 Å². The van der Waals surface area contributed by atoms with Gasteiger partial charge in [0.1, 0.15) is 12.4 Å². The van der Waals surface area contributed by atoms with Crippen molar-refractivity contribution in [3.05, 3.63) is 54.4 Å². The molecule has 4 nitrogen and oxygen atoms in total. The molecule has 1 aromatic heterocycles. The topological polar surface area (TPSA) is 37.4 Å². The fourth-order valence-corrected chi connectivity index (χ4v) is 3.26. The Morgan fingerprint density at radius 1 is 1.24 bits per heavy atom. The first-order valence-corrected chi connectivity index (χ1v) is 7.50. The number of ether oxygens (including phenoxy) is 1. The van der Waals surface area contributed by atoms with Gasteiger partial charge in [0.05, 0.1) is 18.1 Å². The highest BCUT2D eigenvalue weighted by atomic mass is 16.5. The van der Waals surface area contributed by atoms with Crippen LogP contribution in [0.4, 0.5) is 5.69 Å². The minimum Gasteiger partial charge on any atom is -0.487 e. The number of piperazine rings is 1. The summed E-state index contributed by atoms with van der Waals surface area (Å²) in [5.41, 5.74) is 2.35. The largest absolute Gasteiger partial charge is 0.487 e. The van der Waals surface area contributed by atoms with Gasteiger partial charge in [-0.2, -0.15) is 0 Å². The van der Waals surface area contributed by atoms with Crippen LogP contribution in [0.25, 0.3) is 0 Å². The summed E-state index contributed by atoms with van der Waals surface area (Å²) in [6, 6.07) is 13.6. The van der Waals surface area contributed by atoms with E-state index in [1.54, 1.807) is 6.20 Å². The van der Waals surface area contributed by atoms with Crippen LogP contribution in [0.2, 0.25) is 0 Å². The minimum atomic E-state index is 0.583. The fourth-order valence-electron chi connectivity index (χ4n) is 3.26. The predicted octanol–water partition coefficient (Wildman–Crippen LogP) is 2.21. The molecular weight excluding hydrogens is 262 g/mol. The Bertz CT molecular complexity index is 616. The Morgan fingerprint density at radius 2 is 2.14 bits per heavy atom. The van der Waals surface area contributed by atoms with E-state index in [2.05, 4.69) is 33.4 Å². The summed E-state index contributed by atoms with van der Waals surface area (Å²) in [4.78, 5) is 6.79. The highest BCUT2D eigenvalue weighted by Gasteiger charge is 2.37. The van der Waals surface area contributed by atoms with Crippen LogP contribution in [0.5, 0.6) is 5.75 Å². The van der Waals surface area contributed by atoms with Gasteiger partial charge in [0, 0.05) is 31.2 Å². The average Bonchev–Trinajstić information content (AvgIpc) is 3.17. The molecular formula is C17H19N3O. The van der Waals surface area contributed by atoms with Gasteiger partial charge in [0.25, 0.3) is 0 Å². The Balaban J connectivity index is 1.46. The maximum atomic E-state index is 5.87. The molecule has 0 unspecified atom stereocenters. The third-order valence-corrected chi connectivity index (χ3v) is 4.34. The molecule has 0 amide bonds. The number of nitrogens with one attached hydrogen (secondary N) is 1. The monoisotopic (exact) mass is 281 g/mol. The first kappa shape index (κ1) is 12.7. The number of aromatic nitrogens is 1. The lowest BCUT2D eigenvalue weighted by atomic mass is 10.2. The van der Waals surface area contributed by atoms with Crippen molar-refractivity contribution in [2.24, 2.45) is 0 Å². The predicted molar refractivity (Wildman–Crippen MR) is 82.6 cm³/mol. The van der Waals surface area contributed by atoms with Gasteiger partial charge >= 0.3 is 0 Å². The van der Waals surface area contributed by atoms with Crippen molar-refractivity contribution < 1.29 is 4.74 Å². The molecule has 2 bridgehead atoms. The molecule has 2 aromatic rings. The molecule has 2 aliphatic rings.